The number of nitrogens with zero attached hydrogens (tertiary/aromatic N) is 3. The van der Waals surface area contributed by atoms with Crippen molar-refractivity contribution in [3.8, 4) is 5.75 Å². The van der Waals surface area contributed by atoms with E-state index in [1.165, 1.54) is 9.94 Å². The molecule has 82 heavy (non-hydrogen) atoms. The van der Waals surface area contributed by atoms with Gasteiger partial charge in [-0.05, 0) is 57.2 Å². The number of thiophene rings is 1. The van der Waals surface area contributed by atoms with Gasteiger partial charge >= 0.3 is 16.1 Å². The second kappa shape index (κ2) is 37.2. The van der Waals surface area contributed by atoms with Crippen LogP contribution < -0.4 is 15.5 Å². The van der Waals surface area contributed by atoms with Crippen LogP contribution in [-0.2, 0) is 83.3 Å². The minimum atomic E-state index is -5.65. The Balaban J connectivity index is 0.733. The Hall–Kier alpha value is -4.31. The van der Waals surface area contributed by atoms with E-state index in [1.807, 2.05) is 24.8 Å². The second-order valence-corrected chi connectivity index (χ2v) is 21.7. The van der Waals surface area contributed by atoms with Gasteiger partial charge in [0.2, 0.25) is 29.1 Å². The van der Waals surface area contributed by atoms with Crippen molar-refractivity contribution in [2.75, 3.05) is 171 Å². The highest BCUT2D eigenvalue weighted by atomic mass is 32.2. The molecule has 23 nitrogen and oxygen atoms in total. The summed E-state index contributed by atoms with van der Waals surface area (Å²) in [5, 5.41) is 1.44. The average molecular weight is 1220 g/mol. The van der Waals surface area contributed by atoms with E-state index >= 15 is 0 Å². The summed E-state index contributed by atoms with van der Waals surface area (Å²) < 4.78 is 145. The van der Waals surface area contributed by atoms with Crippen LogP contribution in [0.1, 0.15) is 68.5 Å². The maximum atomic E-state index is 14.0. The number of hydrogen-bond acceptors (Lipinski definition) is 20. The number of fused-ring (bicyclic) bond motifs is 1. The van der Waals surface area contributed by atoms with E-state index in [2.05, 4.69) is 20.7 Å². The highest BCUT2D eigenvalue weighted by Gasteiger charge is 2.42. The van der Waals surface area contributed by atoms with Crippen LogP contribution in [0.3, 0.4) is 0 Å². The van der Waals surface area contributed by atoms with Crippen molar-refractivity contribution in [1.82, 2.24) is 14.9 Å². The lowest BCUT2D eigenvalue weighted by Crippen LogP contribution is -2.69. The smallest absolute Gasteiger partial charge is 0.313 e. The Kier molecular flexibility index (Phi) is 31.1. The summed E-state index contributed by atoms with van der Waals surface area (Å²) in [5.41, 5.74) is 8.01. The van der Waals surface area contributed by atoms with E-state index in [9.17, 15) is 40.4 Å². The number of rotatable bonds is 42. The SMILES string of the molecule is CCCN(OCC)C(=O)C1=Cc2sc(CN3CCC4(CC3)CCN(C(=O)CCOCCOCCOCCOCCOCCOCCOCCOCCOCCOCCC(=O)Oc3c(F)c(F)c(S(=O)(=O)O)c(F)c3F)C4)cc2[NH+]=C(N)C1. The average Bonchev–Trinajstić information content (AvgIpc) is 4.10. The van der Waals surface area contributed by atoms with E-state index in [0.29, 0.717) is 137 Å². The lowest BCUT2D eigenvalue weighted by molar-refractivity contribution is -0.355. The lowest BCUT2D eigenvalue weighted by atomic mass is 9.78. The maximum Gasteiger partial charge on any atom is 0.313 e. The molecule has 464 valence electrons. The normalized spacial score (nSPS) is 15.4. The van der Waals surface area contributed by atoms with Gasteiger partial charge in [-0.1, -0.05) is 6.92 Å². The summed E-state index contributed by atoms with van der Waals surface area (Å²) >= 11 is 1.68. The monoisotopic (exact) mass is 1210 g/mol. The molecule has 0 saturated carbocycles. The number of halogens is 4. The van der Waals surface area contributed by atoms with E-state index in [-0.39, 0.29) is 50.3 Å². The summed E-state index contributed by atoms with van der Waals surface area (Å²) in [6, 6.07) is 2.14. The maximum absolute atomic E-state index is 14.0. The fourth-order valence-electron chi connectivity index (χ4n) is 8.84. The zero-order valence-corrected chi connectivity index (χ0v) is 48.5. The molecule has 0 atom stereocenters. The van der Waals surface area contributed by atoms with Gasteiger partial charge in [0.25, 0.3) is 5.91 Å². The molecular formula is C53H80F4N5O18S2+. The van der Waals surface area contributed by atoms with Crippen LogP contribution in [0.2, 0.25) is 0 Å². The van der Waals surface area contributed by atoms with Gasteiger partial charge in [-0.25, -0.2) is 18.8 Å². The number of carbonyl (C=O) groups is 3. The molecule has 2 fully saturated rings. The molecule has 0 aliphatic carbocycles. The van der Waals surface area contributed by atoms with Gasteiger partial charge in [0.15, 0.2) is 16.5 Å². The molecule has 2 saturated heterocycles. The number of amides is 2. The Bertz CT molecular complexity index is 2430. The van der Waals surface area contributed by atoms with Crippen LogP contribution >= 0.6 is 11.3 Å². The van der Waals surface area contributed by atoms with Gasteiger partial charge in [0.1, 0.15) is 5.69 Å². The van der Waals surface area contributed by atoms with Crippen molar-refractivity contribution in [3.05, 3.63) is 44.7 Å². The third-order valence-electron chi connectivity index (χ3n) is 13.0. The first-order valence-corrected chi connectivity index (χ1v) is 29.8. The summed E-state index contributed by atoms with van der Waals surface area (Å²) in [4.78, 5) is 51.6. The molecule has 3 aliphatic heterocycles. The number of nitrogens with two attached hydrogens (primary N) is 1. The fourth-order valence-corrected chi connectivity index (χ4v) is 10.6. The minimum Gasteiger partial charge on any atom is -0.420 e. The highest BCUT2D eigenvalue weighted by Crippen LogP contribution is 2.41. The predicted molar refractivity (Wildman–Crippen MR) is 288 cm³/mol. The van der Waals surface area contributed by atoms with Gasteiger partial charge in [0.05, 0.1) is 163 Å². The number of amidine groups is 1. The first-order valence-electron chi connectivity index (χ1n) is 27.5. The highest BCUT2D eigenvalue weighted by molar-refractivity contribution is 7.85. The molecule has 0 bridgehead atoms. The van der Waals surface area contributed by atoms with Gasteiger partial charge in [-0.2, -0.15) is 17.2 Å². The molecule has 1 aromatic carbocycles. The first kappa shape index (κ1) is 68.5. The second-order valence-electron chi connectivity index (χ2n) is 19.1. The fraction of sp³-hybridized carbons (Fsp3) is 0.698. The van der Waals surface area contributed by atoms with Crippen molar-refractivity contribution in [1.29, 1.82) is 0 Å². The summed E-state index contributed by atoms with van der Waals surface area (Å²) in [6.45, 7) is 15.3. The largest absolute Gasteiger partial charge is 0.420 e. The van der Waals surface area contributed by atoms with Crippen LogP contribution in [-0.4, -0.2) is 223 Å². The van der Waals surface area contributed by atoms with Gasteiger partial charge < -0.3 is 57.0 Å². The topological polar surface area (TPSA) is 266 Å². The number of nitrogens with one attached hydrogen (secondary N) is 1. The van der Waals surface area contributed by atoms with Crippen LogP contribution in [0.25, 0.3) is 6.08 Å². The van der Waals surface area contributed by atoms with Crippen LogP contribution in [0.15, 0.2) is 16.5 Å². The molecule has 4 heterocycles. The van der Waals surface area contributed by atoms with E-state index < -0.39 is 56.4 Å². The molecule has 4 N–H and O–H groups in total. The molecule has 5 rings (SSSR count). The predicted octanol–water partition coefficient (Wildman–Crippen LogP) is 2.96. The standard InChI is InChI=1S/C53H79F4N5O18S2/c1-3-10-62(79-4-2)52(65)39-34-42-41(59-43(58)35-39)36-40(81-42)37-60-11-7-53(8-12-60)9-13-61(38-53)44(63)5-14-69-16-18-71-20-22-73-24-26-75-28-30-77-32-33-78-31-29-76-27-25-74-23-21-72-19-17-70-15-6-45(64)80-50-46(54)48(56)51(82(66,67)68)49(57)47(50)55/h34,36H,3-33,35,37-38H2,1-2H3,(H2,58,59)(H,66,67,68)/p+1. The number of esters is 1. The van der Waals surface area contributed by atoms with Crippen molar-refractivity contribution in [2.24, 2.45) is 11.1 Å². The van der Waals surface area contributed by atoms with Gasteiger partial charge in [-0.15, -0.1) is 11.3 Å². The first-order chi connectivity index (χ1) is 39.6. The Morgan fingerprint density at radius 1 is 0.683 bits per heavy atom. The van der Waals surface area contributed by atoms with E-state index in [1.54, 1.807) is 11.3 Å². The summed E-state index contributed by atoms with van der Waals surface area (Å²) in [5.74, 6) is -12.1. The third-order valence-corrected chi connectivity index (χ3v) is 15.0. The molecule has 3 aliphatic rings. The number of piperidine rings is 1. The third kappa shape index (κ3) is 23.6. The Labute approximate surface area is 480 Å². The number of carbonyl (C=O) groups excluding carboxylic acids is 3. The van der Waals surface area contributed by atoms with Crippen LogP contribution in [0.5, 0.6) is 5.75 Å². The Morgan fingerprint density at radius 2 is 1.13 bits per heavy atom. The summed E-state index contributed by atoms with van der Waals surface area (Å²) in [7, 11) is -5.65. The number of benzene rings is 1. The van der Waals surface area contributed by atoms with Crippen molar-refractivity contribution in [3.63, 3.8) is 0 Å². The molecule has 1 spiro atoms. The van der Waals surface area contributed by atoms with Crippen molar-refractivity contribution in [2.45, 2.75) is 70.2 Å². The molecular weight excluding hydrogens is 1130 g/mol. The lowest BCUT2D eigenvalue weighted by Gasteiger charge is -2.39. The van der Waals surface area contributed by atoms with Crippen molar-refractivity contribution >= 4 is 56.8 Å². The molecule has 1 aromatic heterocycles. The number of hydroxylamine groups is 2. The number of ether oxygens (including phenoxy) is 11. The van der Waals surface area contributed by atoms with Gasteiger partial charge in [-0.3, -0.25) is 34.4 Å². The van der Waals surface area contributed by atoms with Gasteiger partial charge in [0, 0.05) is 42.7 Å². The molecule has 0 radical (unpaired) electrons. The van der Waals surface area contributed by atoms with Crippen LogP contribution in [0, 0.1) is 28.7 Å². The molecule has 29 heteroatoms. The van der Waals surface area contributed by atoms with E-state index in [0.717, 1.165) is 69.0 Å². The molecule has 2 amide bonds. The quantitative estimate of drug-likeness (QED) is 0.0164. The molecule has 2 aromatic rings. The van der Waals surface area contributed by atoms with Crippen molar-refractivity contribution < 1.29 is 107 Å². The Morgan fingerprint density at radius 3 is 1.59 bits per heavy atom. The van der Waals surface area contributed by atoms with Crippen LogP contribution in [0.4, 0.5) is 23.2 Å². The number of hydrogen-bond donors (Lipinski definition) is 3. The minimum absolute atomic E-state index is 0.0206. The van der Waals surface area contributed by atoms with E-state index in [4.69, 9.17) is 62.5 Å². The zero-order valence-electron chi connectivity index (χ0n) is 46.8. The number of likely N-dealkylation sites (tertiary alicyclic amines) is 2. The summed E-state index contributed by atoms with van der Waals surface area (Å²) in [6.07, 6.45) is 5.97. The molecule has 0 unspecified atom stereocenters. The zero-order chi connectivity index (χ0) is 59.2.